The van der Waals surface area contributed by atoms with Crippen LogP contribution >= 0.6 is 23.2 Å². The highest BCUT2D eigenvalue weighted by Crippen LogP contribution is 2.36. The molecule has 0 saturated carbocycles. The quantitative estimate of drug-likeness (QED) is 0.195. The lowest BCUT2D eigenvalue weighted by Gasteiger charge is -2.24. The van der Waals surface area contributed by atoms with Crippen molar-refractivity contribution < 1.29 is 18.6 Å². The molecule has 212 valence electrons. The molecule has 0 radical (unpaired) electrons. The molecule has 5 aromatic rings. The molecule has 1 atom stereocenters. The first-order valence-electron chi connectivity index (χ1n) is 13.2. The molecule has 6 rings (SSSR count). The number of fused-ring (bicyclic) bond motifs is 2. The van der Waals surface area contributed by atoms with E-state index < -0.39 is 16.7 Å². The number of nitrogens with one attached hydrogen (secondary N) is 1. The van der Waals surface area contributed by atoms with E-state index in [1.165, 1.54) is 11.0 Å². The summed E-state index contributed by atoms with van der Waals surface area (Å²) < 4.78 is 13.7. The van der Waals surface area contributed by atoms with Gasteiger partial charge in [0.1, 0.15) is 0 Å². The molecule has 0 spiro atoms. The molecule has 1 aliphatic rings. The minimum Gasteiger partial charge on any atom is -0.321 e. The molecule has 5 aromatic carbocycles. The van der Waals surface area contributed by atoms with Gasteiger partial charge in [0.05, 0.1) is 44.1 Å². The molecule has 1 heterocycles. The second-order valence-corrected chi connectivity index (χ2v) is 12.1. The third-order valence-electron chi connectivity index (χ3n) is 7.01. The summed E-state index contributed by atoms with van der Waals surface area (Å²) in [4.78, 5) is 43.1. The van der Waals surface area contributed by atoms with Gasteiger partial charge in [-0.3, -0.25) is 14.4 Å². The van der Waals surface area contributed by atoms with E-state index in [0.29, 0.717) is 36.7 Å². The molecule has 43 heavy (non-hydrogen) atoms. The van der Waals surface area contributed by atoms with Crippen molar-refractivity contribution in [1.82, 2.24) is 0 Å². The zero-order valence-electron chi connectivity index (χ0n) is 22.4. The van der Waals surface area contributed by atoms with Gasteiger partial charge in [0, 0.05) is 26.7 Å². The summed E-state index contributed by atoms with van der Waals surface area (Å²) in [5, 5.41) is 3.69. The summed E-state index contributed by atoms with van der Waals surface area (Å²) in [6, 6.07) is 31.9. The highest BCUT2D eigenvalue weighted by molar-refractivity contribution is 7.85. The Kier molecular flexibility index (Phi) is 7.95. The molecule has 0 aliphatic carbocycles. The number of carbonyl (C=O) groups is 3. The average molecular weight is 626 g/mol. The van der Waals surface area contributed by atoms with E-state index in [-0.39, 0.29) is 35.0 Å². The number of hydrogen-bond donors (Lipinski definition) is 1. The van der Waals surface area contributed by atoms with Crippen molar-refractivity contribution in [2.45, 2.75) is 16.3 Å². The fourth-order valence-electron chi connectivity index (χ4n) is 4.93. The first kappa shape index (κ1) is 28.6. The van der Waals surface area contributed by atoms with Crippen LogP contribution < -0.4 is 10.2 Å². The Labute approximate surface area is 260 Å². The molecular weight excluding hydrogens is 603 g/mol. The van der Waals surface area contributed by atoms with Crippen LogP contribution in [0.4, 0.5) is 11.4 Å². The van der Waals surface area contributed by atoms with Gasteiger partial charge in [-0.15, -0.1) is 0 Å². The average Bonchev–Trinajstić information content (AvgIpc) is 3.11. The van der Waals surface area contributed by atoms with Crippen LogP contribution in [0.15, 0.2) is 125 Å². The number of hydrogen-bond acceptors (Lipinski definition) is 4. The highest BCUT2D eigenvalue weighted by atomic mass is 35.5. The van der Waals surface area contributed by atoms with Crippen molar-refractivity contribution in [2.75, 3.05) is 10.2 Å². The minimum absolute atomic E-state index is 0.135. The molecule has 0 bridgehead atoms. The maximum Gasteiger partial charge on any atom is 0.259 e. The first-order chi connectivity index (χ1) is 20.8. The molecule has 1 aliphatic heterocycles. The number of nitrogens with zero attached hydrogens (tertiary/aromatic N) is 1. The van der Waals surface area contributed by atoms with E-state index in [4.69, 9.17) is 23.2 Å². The van der Waals surface area contributed by atoms with Crippen molar-refractivity contribution in [3.05, 3.63) is 153 Å². The molecule has 1 N–H and O–H groups in total. The number of anilines is 2. The Hall–Kier alpha value is -4.56. The molecular formula is C34H22Cl2N2O4S. The maximum atomic E-state index is 13.9. The van der Waals surface area contributed by atoms with Crippen LogP contribution in [0.2, 0.25) is 10.0 Å². The van der Waals surface area contributed by atoms with Gasteiger partial charge in [-0.1, -0.05) is 77.8 Å². The minimum atomic E-state index is -1.68. The number of rotatable bonds is 6. The van der Waals surface area contributed by atoms with Crippen LogP contribution in [0.5, 0.6) is 0 Å². The maximum absolute atomic E-state index is 13.9. The Balaban J connectivity index is 1.40. The highest BCUT2D eigenvalue weighted by Gasteiger charge is 2.32. The van der Waals surface area contributed by atoms with Gasteiger partial charge < -0.3 is 10.2 Å². The summed E-state index contributed by atoms with van der Waals surface area (Å²) in [7, 11) is -1.68. The van der Waals surface area contributed by atoms with Crippen molar-refractivity contribution in [3.63, 3.8) is 0 Å². The summed E-state index contributed by atoms with van der Waals surface area (Å²) >= 11 is 12.4. The van der Waals surface area contributed by atoms with Gasteiger partial charge in [0.15, 0.2) is 5.78 Å². The van der Waals surface area contributed by atoms with E-state index in [9.17, 15) is 18.6 Å². The predicted molar refractivity (Wildman–Crippen MR) is 169 cm³/mol. The smallest absolute Gasteiger partial charge is 0.259 e. The zero-order chi connectivity index (χ0) is 30.1. The van der Waals surface area contributed by atoms with E-state index in [1.54, 1.807) is 97.1 Å². The van der Waals surface area contributed by atoms with Crippen molar-refractivity contribution >= 4 is 63.0 Å². The number of amides is 2. The normalized spacial score (nSPS) is 14.0. The second-order valence-electron chi connectivity index (χ2n) is 9.81. The number of benzene rings is 5. The summed E-state index contributed by atoms with van der Waals surface area (Å²) in [5.74, 6) is -1.17. The summed E-state index contributed by atoms with van der Waals surface area (Å²) in [6.45, 7) is 0.135. The van der Waals surface area contributed by atoms with Crippen LogP contribution in [-0.4, -0.2) is 21.8 Å². The molecule has 2 amide bonds. The van der Waals surface area contributed by atoms with Crippen LogP contribution in [-0.2, 0) is 17.3 Å². The topological polar surface area (TPSA) is 83.6 Å². The van der Waals surface area contributed by atoms with Crippen LogP contribution in [0.1, 0.15) is 42.2 Å². The van der Waals surface area contributed by atoms with E-state index in [1.807, 2.05) is 12.1 Å². The van der Waals surface area contributed by atoms with Gasteiger partial charge in [-0.2, -0.15) is 0 Å². The number of halogens is 2. The Morgan fingerprint density at radius 2 is 1.47 bits per heavy atom. The van der Waals surface area contributed by atoms with Gasteiger partial charge in [-0.05, 0) is 66.2 Å². The van der Waals surface area contributed by atoms with E-state index >= 15 is 0 Å². The SMILES string of the molecule is O=C(Nc1ccc(Cl)cc1C(=O)c1ccccc1)c1ccc2c(c1)N(Cc1cccc(Cl)c1)C(=O)c1ccccc1S2=O. The molecule has 0 fully saturated rings. The Morgan fingerprint density at radius 1 is 0.721 bits per heavy atom. The summed E-state index contributed by atoms with van der Waals surface area (Å²) in [6.07, 6.45) is 0. The fourth-order valence-corrected chi connectivity index (χ4v) is 6.66. The Morgan fingerprint density at radius 3 is 2.26 bits per heavy atom. The van der Waals surface area contributed by atoms with E-state index in [0.717, 1.165) is 5.56 Å². The number of carbonyl (C=O) groups excluding carboxylic acids is 3. The van der Waals surface area contributed by atoms with Crippen LogP contribution in [0.25, 0.3) is 0 Å². The number of ketones is 1. The fraction of sp³-hybridized carbons (Fsp3) is 0.0294. The molecule has 0 saturated heterocycles. The molecule has 1 unspecified atom stereocenters. The first-order valence-corrected chi connectivity index (χ1v) is 15.1. The third-order valence-corrected chi connectivity index (χ3v) is 8.98. The predicted octanol–water partition coefficient (Wildman–Crippen LogP) is 7.80. The van der Waals surface area contributed by atoms with Crippen molar-refractivity contribution in [2.24, 2.45) is 0 Å². The van der Waals surface area contributed by atoms with Crippen molar-refractivity contribution in [3.8, 4) is 0 Å². The second kappa shape index (κ2) is 12.0. The lowest BCUT2D eigenvalue weighted by atomic mass is 10.0. The van der Waals surface area contributed by atoms with Gasteiger partial charge >= 0.3 is 0 Å². The standard InChI is InChI=1S/C34H22Cl2N2O4S/c35-24-10-6-7-21(17-24)20-38-29-18-23(13-16-31(29)43(42)30-12-5-4-11-26(30)34(38)41)33(40)37-28-15-14-25(36)19-27(28)32(39)22-8-2-1-3-9-22/h1-19H,20H2,(H,37,40). The van der Waals surface area contributed by atoms with Gasteiger partial charge in [0.25, 0.3) is 11.8 Å². The molecule has 9 heteroatoms. The van der Waals surface area contributed by atoms with Crippen LogP contribution in [0.3, 0.4) is 0 Å². The monoisotopic (exact) mass is 624 g/mol. The van der Waals surface area contributed by atoms with Crippen molar-refractivity contribution in [1.29, 1.82) is 0 Å². The molecule has 0 aromatic heterocycles. The Bertz CT molecular complexity index is 1940. The summed E-state index contributed by atoms with van der Waals surface area (Å²) in [5.41, 5.74) is 2.58. The largest absolute Gasteiger partial charge is 0.321 e. The van der Waals surface area contributed by atoms with Gasteiger partial charge in [0.2, 0.25) is 0 Å². The van der Waals surface area contributed by atoms with E-state index in [2.05, 4.69) is 5.32 Å². The lowest BCUT2D eigenvalue weighted by Crippen LogP contribution is -2.30. The third kappa shape index (κ3) is 5.75. The zero-order valence-corrected chi connectivity index (χ0v) is 24.7. The lowest BCUT2D eigenvalue weighted by molar-refractivity contribution is 0.0978. The molecule has 6 nitrogen and oxygen atoms in total. The van der Waals surface area contributed by atoms with Crippen LogP contribution in [0, 0.1) is 0 Å². The van der Waals surface area contributed by atoms with Gasteiger partial charge in [-0.25, -0.2) is 4.21 Å².